The Labute approximate surface area is 213 Å². The molecule has 36 heavy (non-hydrogen) atoms. The number of rotatable bonds is 9. The Morgan fingerprint density at radius 2 is 1.50 bits per heavy atom. The van der Waals surface area contributed by atoms with Crippen molar-refractivity contribution in [2.45, 2.75) is 60.0 Å². The Hall–Kier alpha value is -2.97. The highest BCUT2D eigenvalue weighted by molar-refractivity contribution is 5.96. The molecule has 0 unspecified atom stereocenters. The monoisotopic (exact) mass is 498 g/mol. The molecule has 3 aliphatic carbocycles. The first-order chi connectivity index (χ1) is 16.8. The normalized spacial score (nSPS) is 22.2. The molecule has 8 heteroatoms. The number of hydrogen-bond donors (Lipinski definition) is 2. The van der Waals surface area contributed by atoms with E-state index in [1.54, 1.807) is 45.9 Å². The van der Waals surface area contributed by atoms with Gasteiger partial charge in [-0.3, -0.25) is 4.79 Å². The van der Waals surface area contributed by atoms with E-state index in [1.807, 2.05) is 12.2 Å². The van der Waals surface area contributed by atoms with Crippen molar-refractivity contribution < 1.29 is 28.6 Å². The lowest BCUT2D eigenvalue weighted by atomic mass is 9.48. The summed E-state index contributed by atoms with van der Waals surface area (Å²) in [6.45, 7) is 11.5. The summed E-state index contributed by atoms with van der Waals surface area (Å²) in [5.74, 6) is -0.972. The zero-order valence-electron chi connectivity index (χ0n) is 22.2. The molecule has 8 nitrogen and oxygen atoms in total. The van der Waals surface area contributed by atoms with Crippen LogP contribution in [0.1, 0.15) is 53.5 Å². The van der Waals surface area contributed by atoms with E-state index in [2.05, 4.69) is 13.8 Å². The summed E-state index contributed by atoms with van der Waals surface area (Å²) in [7, 11) is 1.42. The van der Waals surface area contributed by atoms with Gasteiger partial charge in [-0.1, -0.05) is 53.7 Å². The third kappa shape index (κ3) is 5.39. The zero-order chi connectivity index (χ0) is 26.9. The van der Waals surface area contributed by atoms with Crippen molar-refractivity contribution in [3.05, 3.63) is 35.4 Å². The van der Waals surface area contributed by atoms with E-state index in [0.717, 1.165) is 12.0 Å². The van der Waals surface area contributed by atoms with Crippen LogP contribution >= 0.6 is 0 Å². The van der Waals surface area contributed by atoms with Crippen LogP contribution in [0.3, 0.4) is 0 Å². The number of methoxy groups -OCH3 is 1. The molecular weight excluding hydrogens is 460 g/mol. The third-order valence-corrected chi connectivity index (χ3v) is 7.45. The van der Waals surface area contributed by atoms with Gasteiger partial charge >= 0.3 is 11.9 Å². The second-order valence-electron chi connectivity index (χ2n) is 11.0. The van der Waals surface area contributed by atoms with Crippen LogP contribution in [0.2, 0.25) is 0 Å². The van der Waals surface area contributed by atoms with E-state index in [1.165, 1.54) is 7.11 Å². The van der Waals surface area contributed by atoms with E-state index in [9.17, 15) is 14.4 Å². The Balaban J connectivity index is 1.99. The maximum absolute atomic E-state index is 12.7. The fourth-order valence-corrected chi connectivity index (χ4v) is 4.61. The minimum Gasteiger partial charge on any atom is -0.493 e. The van der Waals surface area contributed by atoms with Crippen molar-refractivity contribution in [1.29, 1.82) is 0 Å². The van der Waals surface area contributed by atoms with Gasteiger partial charge in [-0.15, -0.1) is 0 Å². The van der Waals surface area contributed by atoms with Crippen molar-refractivity contribution in [2.75, 3.05) is 7.11 Å². The Kier molecular flexibility index (Phi) is 8.10. The van der Waals surface area contributed by atoms with E-state index >= 15 is 0 Å². The molecule has 0 heterocycles. The van der Waals surface area contributed by atoms with Crippen molar-refractivity contribution >= 4 is 23.8 Å². The van der Waals surface area contributed by atoms with Gasteiger partial charge in [0.15, 0.2) is 17.3 Å². The molecule has 0 aromatic heterocycles. The van der Waals surface area contributed by atoms with Crippen molar-refractivity contribution in [2.24, 2.45) is 40.6 Å². The SMILES string of the molecule is COc1cc(/C=C/C2=CC(=O)[C@H]3C[C@@H]2C3(C)C)cc(OC(=O)[C@@H](N)C(C)C)c1OC(=O)[C@@H](N)C(C)C. The van der Waals surface area contributed by atoms with Gasteiger partial charge in [0.1, 0.15) is 12.1 Å². The standard InChI is InChI=1S/C28H38N2O6/c1-14(2)23(29)26(32)35-22-11-16(8-9-17-12-20(31)19-13-18(17)28(19,5)6)10-21(34-7)25(22)36-27(33)24(30)15(3)4/h8-12,14-15,18-19,23-24H,13,29-30H2,1-7H3/b9-8+/t18-,19+,23-,24-/m0/s1. The maximum atomic E-state index is 12.7. The quantitative estimate of drug-likeness (QED) is 0.390. The Morgan fingerprint density at radius 1 is 0.944 bits per heavy atom. The fraction of sp³-hybridized carbons (Fsp3) is 0.536. The van der Waals surface area contributed by atoms with E-state index in [-0.39, 0.29) is 46.2 Å². The van der Waals surface area contributed by atoms with Crippen LogP contribution in [-0.4, -0.2) is 36.9 Å². The number of ether oxygens (including phenoxy) is 3. The minimum absolute atomic E-state index is 0.00264. The van der Waals surface area contributed by atoms with Gasteiger partial charge < -0.3 is 25.7 Å². The van der Waals surface area contributed by atoms with Gasteiger partial charge in [0.2, 0.25) is 5.75 Å². The molecular formula is C28H38N2O6. The average molecular weight is 499 g/mol. The first-order valence-corrected chi connectivity index (χ1v) is 12.4. The number of esters is 2. The predicted molar refractivity (Wildman–Crippen MR) is 137 cm³/mol. The lowest BCUT2D eigenvalue weighted by Crippen LogP contribution is -2.52. The van der Waals surface area contributed by atoms with E-state index in [4.69, 9.17) is 25.7 Å². The Morgan fingerprint density at radius 3 is 2.00 bits per heavy atom. The number of carbonyl (C=O) groups excluding carboxylic acids is 3. The highest BCUT2D eigenvalue weighted by Crippen LogP contribution is 2.58. The molecule has 3 aliphatic rings. The summed E-state index contributed by atoms with van der Waals surface area (Å²) in [6, 6.07) is 1.50. The van der Waals surface area contributed by atoms with Crippen molar-refractivity contribution in [1.82, 2.24) is 0 Å². The summed E-state index contributed by atoms with van der Waals surface area (Å²) in [6.07, 6.45) is 6.29. The van der Waals surface area contributed by atoms with Gasteiger partial charge in [0.05, 0.1) is 7.11 Å². The molecule has 4 N–H and O–H groups in total. The topological polar surface area (TPSA) is 131 Å². The number of hydrogen-bond acceptors (Lipinski definition) is 8. The number of ketones is 1. The summed E-state index contributed by atoms with van der Waals surface area (Å²) in [5.41, 5.74) is 13.5. The van der Waals surface area contributed by atoms with Crippen molar-refractivity contribution in [3.63, 3.8) is 0 Å². The highest BCUT2D eigenvalue weighted by atomic mass is 16.6. The molecule has 4 rings (SSSR count). The largest absolute Gasteiger partial charge is 0.493 e. The van der Waals surface area contributed by atoms with Gasteiger partial charge in [-0.2, -0.15) is 0 Å². The van der Waals surface area contributed by atoms with Crippen LogP contribution in [0.15, 0.2) is 29.9 Å². The molecule has 1 fully saturated rings. The second-order valence-corrected chi connectivity index (χ2v) is 11.0. The summed E-state index contributed by atoms with van der Waals surface area (Å²) in [5, 5.41) is 0. The van der Waals surface area contributed by atoms with Gasteiger partial charge in [0, 0.05) is 5.92 Å². The third-order valence-electron chi connectivity index (χ3n) is 7.45. The Bertz CT molecular complexity index is 1100. The molecule has 1 aromatic carbocycles. The van der Waals surface area contributed by atoms with Gasteiger partial charge in [-0.25, -0.2) is 9.59 Å². The summed E-state index contributed by atoms with van der Waals surface area (Å²) < 4.78 is 16.6. The molecule has 0 aliphatic heterocycles. The number of benzene rings is 1. The first-order valence-electron chi connectivity index (χ1n) is 12.4. The predicted octanol–water partition coefficient (Wildman–Crippen LogP) is 3.66. The number of fused-ring (bicyclic) bond motifs is 1. The molecule has 196 valence electrons. The molecule has 0 amide bonds. The number of carbonyl (C=O) groups is 3. The van der Waals surface area contributed by atoms with E-state index in [0.29, 0.717) is 11.5 Å². The fourth-order valence-electron chi connectivity index (χ4n) is 4.61. The smallest absolute Gasteiger partial charge is 0.328 e. The average Bonchev–Trinajstić information content (AvgIpc) is 2.81. The van der Waals surface area contributed by atoms with Crippen LogP contribution in [0, 0.1) is 29.1 Å². The summed E-state index contributed by atoms with van der Waals surface area (Å²) >= 11 is 0. The number of nitrogens with two attached hydrogens (primary N) is 2. The van der Waals surface area contributed by atoms with Gasteiger partial charge in [0.25, 0.3) is 0 Å². The molecule has 2 bridgehead atoms. The number of allylic oxidation sites excluding steroid dienone is 3. The van der Waals surface area contributed by atoms with E-state index < -0.39 is 24.0 Å². The van der Waals surface area contributed by atoms with Crippen LogP contribution < -0.4 is 25.7 Å². The minimum atomic E-state index is -0.874. The van der Waals surface area contributed by atoms with Crippen LogP contribution in [-0.2, 0) is 14.4 Å². The molecule has 1 aromatic rings. The first kappa shape index (κ1) is 27.6. The van der Waals surface area contributed by atoms with Crippen LogP contribution in [0.25, 0.3) is 6.08 Å². The lowest BCUT2D eigenvalue weighted by molar-refractivity contribution is -0.139. The zero-order valence-corrected chi connectivity index (χ0v) is 22.2. The van der Waals surface area contributed by atoms with Gasteiger partial charge in [-0.05, 0) is 58.9 Å². The molecule has 4 atom stereocenters. The molecule has 0 radical (unpaired) electrons. The van der Waals surface area contributed by atoms with Crippen LogP contribution in [0.5, 0.6) is 17.2 Å². The summed E-state index contributed by atoms with van der Waals surface area (Å²) in [4.78, 5) is 37.8. The lowest BCUT2D eigenvalue weighted by Gasteiger charge is -2.54. The molecule has 0 spiro atoms. The van der Waals surface area contributed by atoms with Crippen LogP contribution in [0.4, 0.5) is 0 Å². The second kappa shape index (κ2) is 10.6. The highest BCUT2D eigenvalue weighted by Gasteiger charge is 2.54. The van der Waals surface area contributed by atoms with Crippen molar-refractivity contribution in [3.8, 4) is 17.2 Å². The molecule has 0 saturated heterocycles. The maximum Gasteiger partial charge on any atom is 0.328 e. The molecule has 1 saturated carbocycles.